The van der Waals surface area contributed by atoms with Crippen LogP contribution in [0.1, 0.15) is 10.4 Å². The average Bonchev–Trinajstić information content (AvgIpc) is 2.33. The molecule has 1 aromatic carbocycles. The molecule has 0 radical (unpaired) electrons. The molecule has 0 saturated heterocycles. The van der Waals surface area contributed by atoms with Gasteiger partial charge in [0.2, 0.25) is 0 Å². The van der Waals surface area contributed by atoms with Gasteiger partial charge in [-0.15, -0.1) is 0 Å². The van der Waals surface area contributed by atoms with E-state index in [0.717, 1.165) is 12.1 Å². The first-order chi connectivity index (χ1) is 9.15. The molecule has 2 N–H and O–H groups in total. The van der Waals surface area contributed by atoms with Gasteiger partial charge in [0.05, 0.1) is 9.95 Å². The number of nitro benzene ring substituents is 1. The first-order valence-electron chi connectivity index (χ1n) is 5.16. The largest absolute Gasteiger partial charge is 0.405 e. The van der Waals surface area contributed by atoms with Crippen LogP contribution in [-0.2, 0) is 0 Å². The van der Waals surface area contributed by atoms with E-state index < -0.39 is 29.2 Å². The maximum Gasteiger partial charge on any atom is 0.405 e. The number of alkyl halides is 3. The van der Waals surface area contributed by atoms with Gasteiger partial charge in [0.1, 0.15) is 12.2 Å². The van der Waals surface area contributed by atoms with E-state index in [0.29, 0.717) is 0 Å². The number of anilines is 1. The summed E-state index contributed by atoms with van der Waals surface area (Å²) in [5.74, 6) is -1.10. The third-order valence-electron chi connectivity index (χ3n) is 2.23. The molecule has 0 aliphatic heterocycles. The minimum Gasteiger partial charge on any atom is -0.381 e. The number of carbonyl (C=O) groups excluding carboxylic acids is 1. The van der Waals surface area contributed by atoms with Crippen LogP contribution in [0.15, 0.2) is 12.1 Å². The van der Waals surface area contributed by atoms with Gasteiger partial charge in [-0.05, 0) is 6.07 Å². The summed E-state index contributed by atoms with van der Waals surface area (Å²) < 4.78 is 35.9. The van der Waals surface area contributed by atoms with E-state index in [-0.39, 0.29) is 16.3 Å². The Balaban J connectivity index is 3.08. The van der Waals surface area contributed by atoms with E-state index in [4.69, 9.17) is 11.6 Å². The van der Waals surface area contributed by atoms with Gasteiger partial charge in [0.15, 0.2) is 0 Å². The van der Waals surface area contributed by atoms with Crippen molar-refractivity contribution in [2.45, 2.75) is 6.18 Å². The number of benzene rings is 1. The zero-order valence-corrected chi connectivity index (χ0v) is 10.8. The third kappa shape index (κ3) is 3.98. The molecule has 0 unspecified atom stereocenters. The van der Waals surface area contributed by atoms with Gasteiger partial charge in [-0.3, -0.25) is 14.9 Å². The molecule has 0 spiro atoms. The maximum absolute atomic E-state index is 12.0. The van der Waals surface area contributed by atoms with Crippen LogP contribution in [0.5, 0.6) is 0 Å². The zero-order chi connectivity index (χ0) is 15.5. The monoisotopic (exact) mass is 311 g/mol. The molecule has 0 aliphatic carbocycles. The van der Waals surface area contributed by atoms with Crippen molar-refractivity contribution in [2.24, 2.45) is 0 Å². The van der Waals surface area contributed by atoms with Crippen LogP contribution in [0.3, 0.4) is 0 Å². The van der Waals surface area contributed by atoms with Crippen LogP contribution in [-0.4, -0.2) is 30.6 Å². The summed E-state index contributed by atoms with van der Waals surface area (Å²) in [6.07, 6.45) is -4.57. The fourth-order valence-corrected chi connectivity index (χ4v) is 1.71. The minimum atomic E-state index is -4.57. The Morgan fingerprint density at radius 2 is 2.05 bits per heavy atom. The molecule has 110 valence electrons. The van der Waals surface area contributed by atoms with Crippen LogP contribution < -0.4 is 10.6 Å². The van der Waals surface area contributed by atoms with Crippen molar-refractivity contribution < 1.29 is 22.9 Å². The number of carbonyl (C=O) groups is 1. The summed E-state index contributed by atoms with van der Waals surface area (Å²) in [6, 6.07) is 1.90. The normalized spacial score (nSPS) is 11.1. The van der Waals surface area contributed by atoms with E-state index in [1.54, 1.807) is 5.32 Å². The second-order valence-corrected chi connectivity index (χ2v) is 4.06. The predicted molar refractivity (Wildman–Crippen MR) is 66.0 cm³/mol. The molecule has 20 heavy (non-hydrogen) atoms. The number of nitro groups is 1. The molecular weight excluding hydrogens is 303 g/mol. The Kier molecular flexibility index (Phi) is 4.77. The Hall–Kier alpha value is -2.03. The number of hydrogen-bond donors (Lipinski definition) is 2. The van der Waals surface area contributed by atoms with Gasteiger partial charge in [0.25, 0.3) is 11.6 Å². The van der Waals surface area contributed by atoms with Crippen molar-refractivity contribution in [1.82, 2.24) is 5.32 Å². The van der Waals surface area contributed by atoms with Crippen molar-refractivity contribution in [3.8, 4) is 0 Å². The van der Waals surface area contributed by atoms with E-state index >= 15 is 0 Å². The summed E-state index contributed by atoms with van der Waals surface area (Å²) in [6.45, 7) is -1.54. The van der Waals surface area contributed by atoms with Crippen LogP contribution in [0, 0.1) is 10.1 Å². The van der Waals surface area contributed by atoms with E-state index in [9.17, 15) is 28.1 Å². The number of rotatable bonds is 4. The lowest BCUT2D eigenvalue weighted by molar-refractivity contribution is -0.383. The van der Waals surface area contributed by atoms with Crippen LogP contribution in [0.4, 0.5) is 24.5 Å². The molecule has 6 nitrogen and oxygen atoms in total. The first kappa shape index (κ1) is 16.0. The Morgan fingerprint density at radius 3 is 2.50 bits per heavy atom. The average molecular weight is 312 g/mol. The van der Waals surface area contributed by atoms with Crippen molar-refractivity contribution in [3.05, 3.63) is 32.8 Å². The van der Waals surface area contributed by atoms with Crippen LogP contribution >= 0.6 is 11.6 Å². The Morgan fingerprint density at radius 1 is 1.45 bits per heavy atom. The van der Waals surface area contributed by atoms with Crippen LogP contribution in [0.2, 0.25) is 5.02 Å². The van der Waals surface area contributed by atoms with Crippen molar-refractivity contribution in [3.63, 3.8) is 0 Å². The molecule has 1 amide bonds. The Labute approximate surface area is 116 Å². The maximum atomic E-state index is 12.0. The van der Waals surface area contributed by atoms with Crippen molar-refractivity contribution >= 4 is 28.9 Å². The van der Waals surface area contributed by atoms with E-state index in [2.05, 4.69) is 5.32 Å². The van der Waals surface area contributed by atoms with Gasteiger partial charge >= 0.3 is 6.18 Å². The van der Waals surface area contributed by atoms with Crippen LogP contribution in [0.25, 0.3) is 0 Å². The quantitative estimate of drug-likeness (QED) is 0.661. The summed E-state index contributed by atoms with van der Waals surface area (Å²) in [4.78, 5) is 21.5. The van der Waals surface area contributed by atoms with Gasteiger partial charge in [0, 0.05) is 18.7 Å². The molecule has 0 fully saturated rings. The standard InChI is InChI=1S/C10H9ClF3N3O3/c1-15-8-6(11)2-5(3-7(8)17(19)20)9(18)16-4-10(12,13)14/h2-3,15H,4H2,1H3,(H,16,18). The molecule has 0 bridgehead atoms. The fourth-order valence-electron chi connectivity index (χ4n) is 1.40. The summed E-state index contributed by atoms with van der Waals surface area (Å²) in [5, 5.41) is 14.8. The van der Waals surface area contributed by atoms with Gasteiger partial charge in [-0.25, -0.2) is 0 Å². The highest BCUT2D eigenvalue weighted by molar-refractivity contribution is 6.34. The highest BCUT2D eigenvalue weighted by Gasteiger charge is 2.28. The lowest BCUT2D eigenvalue weighted by Gasteiger charge is -2.10. The number of nitrogens with zero attached hydrogens (tertiary/aromatic N) is 1. The second kappa shape index (κ2) is 5.95. The molecular formula is C10H9ClF3N3O3. The number of amides is 1. The lowest BCUT2D eigenvalue weighted by Crippen LogP contribution is -2.33. The molecule has 1 rings (SSSR count). The topological polar surface area (TPSA) is 84.3 Å². The van der Waals surface area contributed by atoms with Gasteiger partial charge < -0.3 is 10.6 Å². The summed E-state index contributed by atoms with van der Waals surface area (Å²) in [7, 11) is 1.39. The SMILES string of the molecule is CNc1c(Cl)cc(C(=O)NCC(F)(F)F)cc1[N+](=O)[O-]. The smallest absolute Gasteiger partial charge is 0.381 e. The number of halogens is 4. The van der Waals surface area contributed by atoms with E-state index in [1.807, 2.05) is 0 Å². The first-order valence-corrected chi connectivity index (χ1v) is 5.54. The molecule has 0 heterocycles. The molecule has 1 aromatic rings. The van der Waals surface area contributed by atoms with E-state index in [1.165, 1.54) is 7.05 Å². The van der Waals surface area contributed by atoms with Gasteiger partial charge in [-0.1, -0.05) is 11.6 Å². The van der Waals surface area contributed by atoms with Gasteiger partial charge in [-0.2, -0.15) is 13.2 Å². The molecule has 10 heteroatoms. The zero-order valence-electron chi connectivity index (χ0n) is 10.0. The fraction of sp³-hybridized carbons (Fsp3) is 0.300. The molecule has 0 atom stereocenters. The highest BCUT2D eigenvalue weighted by Crippen LogP contribution is 2.33. The minimum absolute atomic E-state index is 0.0240. The van der Waals surface area contributed by atoms with Crippen molar-refractivity contribution in [1.29, 1.82) is 0 Å². The molecule has 0 saturated carbocycles. The highest BCUT2D eigenvalue weighted by atomic mass is 35.5. The number of hydrogen-bond acceptors (Lipinski definition) is 4. The summed E-state index contributed by atoms with van der Waals surface area (Å²) in [5.41, 5.74) is -0.855. The summed E-state index contributed by atoms with van der Waals surface area (Å²) >= 11 is 5.74. The molecule has 0 aromatic heterocycles. The predicted octanol–water partition coefficient (Wildman–Crippen LogP) is 2.58. The Bertz CT molecular complexity index is 549. The molecule has 0 aliphatic rings. The second-order valence-electron chi connectivity index (χ2n) is 3.66. The van der Waals surface area contributed by atoms with Crippen molar-refractivity contribution in [2.75, 3.05) is 18.9 Å². The lowest BCUT2D eigenvalue weighted by atomic mass is 10.1. The number of nitrogens with one attached hydrogen (secondary N) is 2. The third-order valence-corrected chi connectivity index (χ3v) is 2.53.